The van der Waals surface area contributed by atoms with Crippen LogP contribution in [-0.4, -0.2) is 42.8 Å². The first-order valence-corrected chi connectivity index (χ1v) is 6.25. The molecule has 1 aliphatic carbocycles. The van der Waals surface area contributed by atoms with Gasteiger partial charge in [-0.25, -0.2) is 0 Å². The van der Waals surface area contributed by atoms with Crippen molar-refractivity contribution in [1.29, 1.82) is 0 Å². The van der Waals surface area contributed by atoms with Gasteiger partial charge in [-0.3, -0.25) is 10.1 Å². The van der Waals surface area contributed by atoms with Gasteiger partial charge < -0.3 is 9.64 Å². The second kappa shape index (κ2) is 4.72. The highest BCUT2D eigenvalue weighted by Crippen LogP contribution is 2.35. The third kappa shape index (κ3) is 1.96. The van der Waals surface area contributed by atoms with Crippen LogP contribution in [0.2, 0.25) is 0 Å². The van der Waals surface area contributed by atoms with Crippen LogP contribution in [0.25, 0.3) is 0 Å². The minimum absolute atomic E-state index is 0.207. The van der Waals surface area contributed by atoms with Crippen molar-refractivity contribution in [3.63, 3.8) is 0 Å². The summed E-state index contributed by atoms with van der Waals surface area (Å²) in [4.78, 5) is 14.3. The Hall–Kier alpha value is -0.610. The van der Waals surface area contributed by atoms with E-state index in [-0.39, 0.29) is 11.6 Å². The monoisotopic (exact) mass is 226 g/mol. The molecular formula is C12H22N2O2. The molecule has 0 aromatic rings. The average molecular weight is 226 g/mol. The van der Waals surface area contributed by atoms with Crippen molar-refractivity contribution in [3.8, 4) is 0 Å². The maximum Gasteiger partial charge on any atom is 0.244 e. The lowest BCUT2D eigenvalue weighted by atomic mass is 9.97. The molecule has 1 aliphatic heterocycles. The minimum atomic E-state index is -0.207. The molecular weight excluding hydrogens is 204 g/mol. The molecule has 0 bridgehead atoms. The van der Waals surface area contributed by atoms with Gasteiger partial charge in [-0.15, -0.1) is 0 Å². The van der Waals surface area contributed by atoms with Gasteiger partial charge in [0.2, 0.25) is 5.91 Å². The van der Waals surface area contributed by atoms with E-state index < -0.39 is 0 Å². The van der Waals surface area contributed by atoms with Gasteiger partial charge in [0.15, 0.2) is 0 Å². The molecule has 1 saturated heterocycles. The molecule has 4 heteroatoms. The Morgan fingerprint density at radius 3 is 2.81 bits per heavy atom. The quantitative estimate of drug-likeness (QED) is 0.781. The number of nitrogens with one attached hydrogen (secondary N) is 1. The Bertz CT molecular complexity index is 262. The second-order valence-corrected chi connectivity index (χ2v) is 5.03. The molecule has 1 atom stereocenters. The summed E-state index contributed by atoms with van der Waals surface area (Å²) in [5.41, 5.74) is -0.207. The molecule has 1 unspecified atom stereocenters. The zero-order valence-corrected chi connectivity index (χ0v) is 10.3. The molecule has 2 rings (SSSR count). The van der Waals surface area contributed by atoms with Gasteiger partial charge in [0, 0.05) is 19.8 Å². The highest BCUT2D eigenvalue weighted by molar-refractivity contribution is 5.88. The highest BCUT2D eigenvalue weighted by atomic mass is 16.5. The first kappa shape index (κ1) is 11.9. The number of rotatable bonds is 4. The van der Waals surface area contributed by atoms with Crippen molar-refractivity contribution < 1.29 is 9.53 Å². The summed E-state index contributed by atoms with van der Waals surface area (Å²) in [5.74, 6) is 0.314. The van der Waals surface area contributed by atoms with Crippen LogP contribution in [0.3, 0.4) is 0 Å². The molecule has 1 amide bonds. The summed E-state index contributed by atoms with van der Waals surface area (Å²) in [6, 6.07) is 0.278. The van der Waals surface area contributed by atoms with Crippen LogP contribution in [0.5, 0.6) is 0 Å². The molecule has 1 N–H and O–H groups in total. The van der Waals surface area contributed by atoms with Crippen molar-refractivity contribution in [3.05, 3.63) is 0 Å². The summed E-state index contributed by atoms with van der Waals surface area (Å²) in [5, 5.41) is 3.42. The van der Waals surface area contributed by atoms with Crippen LogP contribution in [0, 0.1) is 0 Å². The average Bonchev–Trinajstić information content (AvgIpc) is 2.87. The zero-order valence-electron chi connectivity index (χ0n) is 10.3. The summed E-state index contributed by atoms with van der Waals surface area (Å²) in [6.07, 6.45) is 5.30. The third-order valence-electron chi connectivity index (χ3n) is 3.99. The van der Waals surface area contributed by atoms with Gasteiger partial charge in [0.05, 0.1) is 12.2 Å². The summed E-state index contributed by atoms with van der Waals surface area (Å²) in [6.45, 7) is 3.54. The predicted molar refractivity (Wildman–Crippen MR) is 62.0 cm³/mol. The smallest absolute Gasteiger partial charge is 0.244 e. The number of hydrogen-bond donors (Lipinski definition) is 1. The summed E-state index contributed by atoms with van der Waals surface area (Å²) < 4.78 is 5.07. The first-order valence-electron chi connectivity index (χ1n) is 6.25. The van der Waals surface area contributed by atoms with Crippen LogP contribution in [0.15, 0.2) is 0 Å². The van der Waals surface area contributed by atoms with E-state index in [4.69, 9.17) is 4.74 Å². The molecule has 4 nitrogen and oxygen atoms in total. The molecule has 16 heavy (non-hydrogen) atoms. The lowest BCUT2D eigenvalue weighted by Crippen LogP contribution is -2.45. The SMILES string of the molecule is COCCC(C)N1CNC2(CCCC2)C1=O. The van der Waals surface area contributed by atoms with Crippen molar-refractivity contribution >= 4 is 5.91 Å². The van der Waals surface area contributed by atoms with E-state index in [0.29, 0.717) is 12.6 Å². The lowest BCUT2D eigenvalue weighted by Gasteiger charge is -2.26. The molecule has 1 spiro atoms. The van der Waals surface area contributed by atoms with E-state index in [1.54, 1.807) is 7.11 Å². The van der Waals surface area contributed by atoms with Gasteiger partial charge in [0.1, 0.15) is 0 Å². The number of nitrogens with zero attached hydrogens (tertiary/aromatic N) is 1. The highest BCUT2D eigenvalue weighted by Gasteiger charge is 2.48. The van der Waals surface area contributed by atoms with Crippen LogP contribution >= 0.6 is 0 Å². The van der Waals surface area contributed by atoms with E-state index in [2.05, 4.69) is 12.2 Å². The Balaban J connectivity index is 1.96. The van der Waals surface area contributed by atoms with E-state index >= 15 is 0 Å². The predicted octanol–water partition coefficient (Wildman–Crippen LogP) is 1.11. The molecule has 2 fully saturated rings. The third-order valence-corrected chi connectivity index (χ3v) is 3.99. The van der Waals surface area contributed by atoms with E-state index in [0.717, 1.165) is 25.9 Å². The Labute approximate surface area is 97.3 Å². The van der Waals surface area contributed by atoms with Crippen molar-refractivity contribution in [2.45, 2.75) is 50.6 Å². The number of carbonyl (C=O) groups is 1. The molecule has 2 aliphatic rings. The largest absolute Gasteiger partial charge is 0.385 e. The summed E-state index contributed by atoms with van der Waals surface area (Å²) in [7, 11) is 1.70. The van der Waals surface area contributed by atoms with Crippen molar-refractivity contribution in [2.24, 2.45) is 0 Å². The van der Waals surface area contributed by atoms with Crippen molar-refractivity contribution in [1.82, 2.24) is 10.2 Å². The fourth-order valence-electron chi connectivity index (χ4n) is 2.83. The van der Waals surface area contributed by atoms with Gasteiger partial charge in [-0.2, -0.15) is 0 Å². The maximum absolute atomic E-state index is 12.4. The van der Waals surface area contributed by atoms with E-state index in [9.17, 15) is 4.79 Å². The molecule has 92 valence electrons. The second-order valence-electron chi connectivity index (χ2n) is 5.03. The first-order chi connectivity index (χ1) is 7.69. The number of hydrogen-bond acceptors (Lipinski definition) is 3. The topological polar surface area (TPSA) is 41.6 Å². The van der Waals surface area contributed by atoms with Gasteiger partial charge >= 0.3 is 0 Å². The van der Waals surface area contributed by atoms with Crippen molar-refractivity contribution in [2.75, 3.05) is 20.4 Å². The number of amides is 1. The Morgan fingerprint density at radius 2 is 2.19 bits per heavy atom. The van der Waals surface area contributed by atoms with Gasteiger partial charge in [-0.05, 0) is 26.2 Å². The lowest BCUT2D eigenvalue weighted by molar-refractivity contribution is -0.134. The molecule has 0 aromatic carbocycles. The Morgan fingerprint density at radius 1 is 1.50 bits per heavy atom. The minimum Gasteiger partial charge on any atom is -0.385 e. The van der Waals surface area contributed by atoms with E-state index in [1.165, 1.54) is 12.8 Å². The zero-order chi connectivity index (χ0) is 11.6. The van der Waals surface area contributed by atoms with Gasteiger partial charge in [0.25, 0.3) is 0 Å². The van der Waals surface area contributed by atoms with Crippen LogP contribution in [0.1, 0.15) is 39.0 Å². The van der Waals surface area contributed by atoms with Crippen LogP contribution in [-0.2, 0) is 9.53 Å². The number of methoxy groups -OCH3 is 1. The number of carbonyl (C=O) groups excluding carboxylic acids is 1. The normalized spacial score (nSPS) is 25.6. The molecule has 1 saturated carbocycles. The number of ether oxygens (including phenoxy) is 1. The van der Waals surface area contributed by atoms with Gasteiger partial charge in [-0.1, -0.05) is 12.8 Å². The van der Waals surface area contributed by atoms with E-state index in [1.807, 2.05) is 4.90 Å². The van der Waals surface area contributed by atoms with Crippen LogP contribution in [0.4, 0.5) is 0 Å². The maximum atomic E-state index is 12.4. The van der Waals surface area contributed by atoms with Crippen LogP contribution < -0.4 is 5.32 Å². The summed E-state index contributed by atoms with van der Waals surface area (Å²) >= 11 is 0. The molecule has 0 radical (unpaired) electrons. The fourth-order valence-corrected chi connectivity index (χ4v) is 2.83. The Kier molecular flexibility index (Phi) is 3.50. The standard InChI is InChI=1S/C12H22N2O2/c1-10(5-8-16-2)14-9-13-12(11(14)15)6-3-4-7-12/h10,13H,3-9H2,1-2H3. The molecule has 0 aromatic heterocycles. The molecule has 1 heterocycles. The fraction of sp³-hybridized carbons (Fsp3) is 0.917.